The molecule has 4 aromatic carbocycles. The van der Waals surface area contributed by atoms with Crippen LogP contribution in [-0.4, -0.2) is 44.8 Å². The van der Waals surface area contributed by atoms with Crippen molar-refractivity contribution in [2.75, 3.05) is 17.9 Å². The van der Waals surface area contributed by atoms with Crippen LogP contribution in [0.15, 0.2) is 114 Å². The number of nitrogens with zero attached hydrogens (tertiary/aromatic N) is 2. The van der Waals surface area contributed by atoms with E-state index >= 15 is 0 Å². The number of hydrogen-bond donors (Lipinski definition) is 1. The molecule has 1 unspecified atom stereocenters. The quantitative estimate of drug-likeness (QED) is 0.284. The number of benzene rings is 4. The number of nitrogens with one attached hydrogen (secondary N) is 1. The summed E-state index contributed by atoms with van der Waals surface area (Å²) in [5, 5.41) is 2.57. The first-order chi connectivity index (χ1) is 19.7. The molecule has 0 spiro atoms. The lowest BCUT2D eigenvalue weighted by Crippen LogP contribution is -2.53. The molecule has 0 saturated heterocycles. The van der Waals surface area contributed by atoms with Crippen LogP contribution in [0.3, 0.4) is 0 Å². The molecule has 41 heavy (non-hydrogen) atoms. The average Bonchev–Trinajstić information content (AvgIpc) is 2.99. The zero-order valence-electron chi connectivity index (χ0n) is 22.3. The summed E-state index contributed by atoms with van der Waals surface area (Å²) in [7, 11) is -2.87. The van der Waals surface area contributed by atoms with Crippen molar-refractivity contribution < 1.29 is 26.8 Å². The van der Waals surface area contributed by atoms with Crippen LogP contribution < -0.4 is 9.62 Å². The van der Waals surface area contributed by atoms with Crippen molar-refractivity contribution in [3.8, 4) is 0 Å². The molecule has 4 aromatic rings. The molecule has 0 fully saturated rings. The molecule has 1 N–H and O–H groups in total. The number of rotatable bonds is 11. The molecule has 7 nitrogen and oxygen atoms in total. The lowest BCUT2D eigenvalue weighted by atomic mass is 10.0. The van der Waals surface area contributed by atoms with E-state index in [2.05, 4.69) is 5.32 Å². The van der Waals surface area contributed by atoms with Gasteiger partial charge in [0.2, 0.25) is 11.8 Å². The Balaban J connectivity index is 1.78. The van der Waals surface area contributed by atoms with Crippen LogP contribution in [0.5, 0.6) is 0 Å². The second kappa shape index (κ2) is 13.2. The third kappa shape index (κ3) is 7.15. The fourth-order valence-corrected chi connectivity index (χ4v) is 5.82. The predicted molar refractivity (Wildman–Crippen MR) is 152 cm³/mol. The summed E-state index contributed by atoms with van der Waals surface area (Å²) < 4.78 is 56.9. The lowest BCUT2D eigenvalue weighted by Gasteiger charge is -2.33. The molecule has 0 aliphatic carbocycles. The van der Waals surface area contributed by atoms with Crippen LogP contribution in [-0.2, 0) is 32.6 Å². The van der Waals surface area contributed by atoms with Gasteiger partial charge in [-0.3, -0.25) is 13.9 Å². The van der Waals surface area contributed by atoms with Crippen LogP contribution in [0.2, 0.25) is 0 Å². The van der Waals surface area contributed by atoms with Crippen molar-refractivity contribution in [2.24, 2.45) is 0 Å². The lowest BCUT2D eigenvalue weighted by molar-refractivity contribution is -0.139. The highest BCUT2D eigenvalue weighted by atomic mass is 32.2. The van der Waals surface area contributed by atoms with Gasteiger partial charge < -0.3 is 10.2 Å². The predicted octanol–water partition coefficient (Wildman–Crippen LogP) is 4.55. The molecule has 0 saturated carbocycles. The van der Waals surface area contributed by atoms with Gasteiger partial charge in [0.25, 0.3) is 10.0 Å². The van der Waals surface area contributed by atoms with E-state index in [1.165, 1.54) is 54.4 Å². The highest BCUT2D eigenvalue weighted by Crippen LogP contribution is 2.25. The zero-order valence-corrected chi connectivity index (χ0v) is 23.1. The van der Waals surface area contributed by atoms with E-state index in [1.54, 1.807) is 48.5 Å². The molecule has 2 amide bonds. The van der Waals surface area contributed by atoms with E-state index in [-0.39, 0.29) is 29.1 Å². The Labute approximate surface area is 238 Å². The first-order valence-corrected chi connectivity index (χ1v) is 14.3. The van der Waals surface area contributed by atoms with Crippen molar-refractivity contribution >= 4 is 27.5 Å². The molecule has 0 aliphatic rings. The molecule has 0 radical (unpaired) electrons. The Morgan fingerprint density at radius 3 is 2.00 bits per heavy atom. The summed E-state index contributed by atoms with van der Waals surface area (Å²) in [5.41, 5.74) is 0.954. The number of anilines is 1. The van der Waals surface area contributed by atoms with Gasteiger partial charge in [0.05, 0.1) is 10.6 Å². The van der Waals surface area contributed by atoms with Crippen molar-refractivity contribution in [1.29, 1.82) is 0 Å². The van der Waals surface area contributed by atoms with Gasteiger partial charge in [0, 0.05) is 25.6 Å². The Bertz CT molecular complexity index is 1580. The second-order valence-electron chi connectivity index (χ2n) is 9.23. The normalized spacial score (nSPS) is 11.9. The van der Waals surface area contributed by atoms with Crippen LogP contribution in [0.25, 0.3) is 0 Å². The summed E-state index contributed by atoms with van der Waals surface area (Å²) in [4.78, 5) is 28.4. The summed E-state index contributed by atoms with van der Waals surface area (Å²) in [5.74, 6) is -2.41. The summed E-state index contributed by atoms with van der Waals surface area (Å²) >= 11 is 0. The summed E-state index contributed by atoms with van der Waals surface area (Å²) in [6.45, 7) is -1.02. The minimum Gasteiger partial charge on any atom is -0.357 e. The van der Waals surface area contributed by atoms with Crippen molar-refractivity contribution in [1.82, 2.24) is 10.2 Å². The topological polar surface area (TPSA) is 86.8 Å². The van der Waals surface area contributed by atoms with Crippen LogP contribution in [0.4, 0.5) is 14.5 Å². The molecule has 0 aliphatic heterocycles. The molecule has 10 heteroatoms. The number of carbonyl (C=O) groups is 2. The average molecular weight is 578 g/mol. The Hall–Kier alpha value is -4.57. The van der Waals surface area contributed by atoms with E-state index in [0.717, 1.165) is 22.0 Å². The molecule has 212 valence electrons. The van der Waals surface area contributed by atoms with Gasteiger partial charge in [0.1, 0.15) is 24.2 Å². The summed E-state index contributed by atoms with van der Waals surface area (Å²) in [6.07, 6.45) is 0.0999. The van der Waals surface area contributed by atoms with Crippen LogP contribution >= 0.6 is 0 Å². The van der Waals surface area contributed by atoms with Gasteiger partial charge in [-0.2, -0.15) is 0 Å². The van der Waals surface area contributed by atoms with E-state index in [9.17, 15) is 26.8 Å². The zero-order chi connectivity index (χ0) is 29.4. The van der Waals surface area contributed by atoms with Crippen LogP contribution in [0.1, 0.15) is 11.1 Å². The molecular weight excluding hydrogens is 548 g/mol. The third-order valence-electron chi connectivity index (χ3n) is 6.54. The van der Waals surface area contributed by atoms with Gasteiger partial charge >= 0.3 is 0 Å². The molecule has 0 aromatic heterocycles. The summed E-state index contributed by atoms with van der Waals surface area (Å²) in [6, 6.07) is 26.0. The maximum Gasteiger partial charge on any atom is 0.264 e. The number of halogens is 2. The first kappa shape index (κ1) is 29.4. The molecule has 4 rings (SSSR count). The highest BCUT2D eigenvalue weighted by Gasteiger charge is 2.34. The number of carbonyl (C=O) groups excluding carboxylic acids is 2. The van der Waals surface area contributed by atoms with Gasteiger partial charge in [0.15, 0.2) is 0 Å². The molecular formula is C31H29F2N3O4S. The smallest absolute Gasteiger partial charge is 0.264 e. The highest BCUT2D eigenvalue weighted by molar-refractivity contribution is 7.92. The van der Waals surface area contributed by atoms with Gasteiger partial charge in [-0.15, -0.1) is 0 Å². The number of hydrogen-bond acceptors (Lipinski definition) is 4. The Morgan fingerprint density at radius 1 is 0.805 bits per heavy atom. The Morgan fingerprint density at radius 2 is 1.39 bits per heavy atom. The monoisotopic (exact) mass is 577 g/mol. The van der Waals surface area contributed by atoms with Crippen molar-refractivity contribution in [3.63, 3.8) is 0 Å². The van der Waals surface area contributed by atoms with E-state index in [4.69, 9.17) is 0 Å². The molecule has 0 heterocycles. The largest absolute Gasteiger partial charge is 0.357 e. The van der Waals surface area contributed by atoms with E-state index < -0.39 is 46.1 Å². The number of sulfonamides is 1. The van der Waals surface area contributed by atoms with Gasteiger partial charge in [-0.1, -0.05) is 66.7 Å². The van der Waals surface area contributed by atoms with E-state index in [0.29, 0.717) is 0 Å². The van der Waals surface area contributed by atoms with Gasteiger partial charge in [-0.05, 0) is 48.0 Å². The maximum atomic E-state index is 14.8. The SMILES string of the molecule is CNC(=O)C(Cc1ccccc1)N(Cc1ccccc1F)C(=O)CN(c1ccc(F)cc1)S(=O)(=O)c1ccccc1. The minimum atomic E-state index is -4.30. The number of likely N-dealkylation sites (N-methyl/N-ethyl adjacent to an activating group) is 1. The number of amides is 2. The van der Waals surface area contributed by atoms with Crippen LogP contribution in [0, 0.1) is 11.6 Å². The standard InChI is InChI=1S/C31H29F2N3O4S/c1-34-31(38)29(20-23-10-4-2-5-11-23)35(21-24-12-8-9-15-28(24)33)30(37)22-36(26-18-16-25(32)17-19-26)41(39,40)27-13-6-3-7-14-27/h2-19,29H,20-22H2,1H3,(H,34,38). The minimum absolute atomic E-state index is 0.0500. The maximum absolute atomic E-state index is 14.8. The molecule has 0 bridgehead atoms. The van der Waals surface area contributed by atoms with Crippen molar-refractivity contribution in [3.05, 3.63) is 132 Å². The third-order valence-corrected chi connectivity index (χ3v) is 8.33. The van der Waals surface area contributed by atoms with Crippen molar-refractivity contribution in [2.45, 2.75) is 23.9 Å². The van der Waals surface area contributed by atoms with Gasteiger partial charge in [-0.25, -0.2) is 17.2 Å². The Kier molecular flexibility index (Phi) is 9.46. The second-order valence-corrected chi connectivity index (χ2v) is 11.1. The fourth-order valence-electron chi connectivity index (χ4n) is 4.39. The fraction of sp³-hybridized carbons (Fsp3) is 0.161. The molecule has 1 atom stereocenters. The van der Waals surface area contributed by atoms with E-state index in [1.807, 2.05) is 6.07 Å². The first-order valence-electron chi connectivity index (χ1n) is 12.8.